The van der Waals surface area contributed by atoms with Crippen molar-refractivity contribution in [1.82, 2.24) is 24.5 Å². The molecule has 2 amide bonds. The number of carbonyl (C=O) groups excluding carboxylic acids is 2. The molecule has 2 unspecified atom stereocenters. The van der Waals surface area contributed by atoms with E-state index in [4.69, 9.17) is 11.6 Å². The fourth-order valence-electron chi connectivity index (χ4n) is 4.91. The van der Waals surface area contributed by atoms with Gasteiger partial charge < -0.3 is 9.80 Å². The summed E-state index contributed by atoms with van der Waals surface area (Å²) in [6.45, 7) is 10.9. The molecular weight excluding hydrogens is 426 g/mol. The molecule has 0 radical (unpaired) electrons. The zero-order valence-corrected chi connectivity index (χ0v) is 19.9. The molecule has 32 heavy (non-hydrogen) atoms. The second kappa shape index (κ2) is 9.63. The van der Waals surface area contributed by atoms with Crippen LogP contribution in [0.25, 0.3) is 5.69 Å². The van der Waals surface area contributed by atoms with Gasteiger partial charge in [0.2, 0.25) is 5.91 Å². The minimum Gasteiger partial charge on any atom is -0.341 e. The fourth-order valence-corrected chi connectivity index (χ4v) is 5.26. The Bertz CT molecular complexity index is 958. The van der Waals surface area contributed by atoms with Gasteiger partial charge in [-0.2, -0.15) is 5.10 Å². The molecule has 1 aromatic heterocycles. The number of rotatable bonds is 4. The van der Waals surface area contributed by atoms with Gasteiger partial charge in [0.15, 0.2) is 0 Å². The summed E-state index contributed by atoms with van der Waals surface area (Å²) in [5, 5.41) is 4.83. The van der Waals surface area contributed by atoms with Gasteiger partial charge in [-0.3, -0.25) is 14.5 Å². The molecule has 0 spiro atoms. The number of piperidine rings is 1. The van der Waals surface area contributed by atoms with Crippen molar-refractivity contribution < 1.29 is 9.59 Å². The van der Waals surface area contributed by atoms with Gasteiger partial charge in [-0.05, 0) is 37.3 Å². The number of benzene rings is 1. The van der Waals surface area contributed by atoms with Crippen LogP contribution in [0.5, 0.6) is 0 Å². The van der Waals surface area contributed by atoms with Crippen LogP contribution >= 0.6 is 11.6 Å². The van der Waals surface area contributed by atoms with E-state index in [0.717, 1.165) is 18.8 Å². The Hall–Kier alpha value is -2.38. The topological polar surface area (TPSA) is 61.7 Å². The monoisotopic (exact) mass is 457 g/mol. The number of likely N-dealkylation sites (tertiary alicyclic amines) is 1. The number of hydrogen-bond acceptors (Lipinski definition) is 4. The van der Waals surface area contributed by atoms with Crippen LogP contribution in [-0.4, -0.2) is 82.1 Å². The molecule has 1 aromatic carbocycles. The standard InChI is InChI=1S/C24H32ClN5O2/c1-17-13-18(2)15-29(14-17)21(31)16-27-9-11-28(12-10-27)24(32)22-19(3)26-30(23(22)25)20-7-5-4-6-8-20/h4-8,17-18H,9-16H2,1-3H3. The third kappa shape index (κ3) is 4.84. The van der Waals surface area contributed by atoms with Crippen LogP contribution in [0.4, 0.5) is 0 Å². The van der Waals surface area contributed by atoms with E-state index in [-0.39, 0.29) is 11.8 Å². The minimum absolute atomic E-state index is 0.0978. The second-order valence-electron chi connectivity index (χ2n) is 9.31. The quantitative estimate of drug-likeness (QED) is 0.707. The average molecular weight is 458 g/mol. The van der Waals surface area contributed by atoms with E-state index in [1.54, 1.807) is 4.68 Å². The number of piperazine rings is 1. The lowest BCUT2D eigenvalue weighted by Crippen LogP contribution is -2.53. The van der Waals surface area contributed by atoms with Crippen molar-refractivity contribution in [3.8, 4) is 5.69 Å². The number of hydrogen-bond donors (Lipinski definition) is 0. The molecule has 0 aliphatic carbocycles. The Labute approximate surface area is 194 Å². The summed E-state index contributed by atoms with van der Waals surface area (Å²) in [5.74, 6) is 1.22. The first kappa shape index (κ1) is 22.8. The summed E-state index contributed by atoms with van der Waals surface area (Å²) >= 11 is 6.58. The maximum Gasteiger partial charge on any atom is 0.258 e. The fraction of sp³-hybridized carbons (Fsp3) is 0.542. The van der Waals surface area contributed by atoms with Gasteiger partial charge in [-0.15, -0.1) is 0 Å². The van der Waals surface area contributed by atoms with E-state index in [9.17, 15) is 9.59 Å². The van der Waals surface area contributed by atoms with Gasteiger partial charge in [0.05, 0.1) is 23.5 Å². The van der Waals surface area contributed by atoms with Crippen molar-refractivity contribution in [3.05, 3.63) is 46.7 Å². The highest BCUT2D eigenvalue weighted by Crippen LogP contribution is 2.25. The van der Waals surface area contributed by atoms with Crippen molar-refractivity contribution >= 4 is 23.4 Å². The van der Waals surface area contributed by atoms with Crippen LogP contribution in [0, 0.1) is 18.8 Å². The largest absolute Gasteiger partial charge is 0.341 e. The summed E-state index contributed by atoms with van der Waals surface area (Å²) in [4.78, 5) is 32.0. The molecule has 7 nitrogen and oxygen atoms in total. The zero-order chi connectivity index (χ0) is 22.8. The normalized spacial score (nSPS) is 22.2. The van der Waals surface area contributed by atoms with Crippen LogP contribution in [0.2, 0.25) is 5.15 Å². The van der Waals surface area contributed by atoms with Crippen LogP contribution in [0.15, 0.2) is 30.3 Å². The molecule has 2 aromatic rings. The first-order valence-corrected chi connectivity index (χ1v) is 11.8. The Morgan fingerprint density at radius 3 is 2.25 bits per heavy atom. The van der Waals surface area contributed by atoms with Gasteiger partial charge in [-0.1, -0.05) is 43.6 Å². The van der Waals surface area contributed by atoms with E-state index in [0.29, 0.717) is 61.0 Å². The number of aromatic nitrogens is 2. The summed E-state index contributed by atoms with van der Waals surface area (Å²) in [5.41, 5.74) is 1.90. The maximum absolute atomic E-state index is 13.2. The number of amides is 2. The molecule has 2 fully saturated rings. The molecule has 2 aliphatic rings. The molecule has 172 valence electrons. The van der Waals surface area contributed by atoms with Gasteiger partial charge >= 0.3 is 0 Å². The number of aryl methyl sites for hydroxylation is 1. The zero-order valence-electron chi connectivity index (χ0n) is 19.1. The molecule has 2 aliphatic heterocycles. The summed E-state index contributed by atoms with van der Waals surface area (Å²) in [7, 11) is 0. The third-order valence-electron chi connectivity index (χ3n) is 6.46. The number of halogens is 1. The third-order valence-corrected chi connectivity index (χ3v) is 6.81. The molecule has 3 heterocycles. The van der Waals surface area contributed by atoms with Crippen molar-refractivity contribution in [2.45, 2.75) is 27.2 Å². The first-order valence-electron chi connectivity index (χ1n) is 11.4. The highest BCUT2D eigenvalue weighted by molar-refractivity contribution is 6.33. The van der Waals surface area contributed by atoms with E-state index >= 15 is 0 Å². The van der Waals surface area contributed by atoms with E-state index in [1.165, 1.54) is 6.42 Å². The lowest BCUT2D eigenvalue weighted by molar-refractivity contribution is -0.135. The minimum atomic E-state index is -0.0978. The van der Waals surface area contributed by atoms with Crippen molar-refractivity contribution in [2.75, 3.05) is 45.8 Å². The summed E-state index contributed by atoms with van der Waals surface area (Å²) in [6.07, 6.45) is 1.19. The predicted molar refractivity (Wildman–Crippen MR) is 125 cm³/mol. The predicted octanol–water partition coefficient (Wildman–Crippen LogP) is 3.10. The molecule has 0 bridgehead atoms. The molecule has 2 atom stereocenters. The molecule has 0 N–H and O–H groups in total. The molecular formula is C24H32ClN5O2. The van der Waals surface area contributed by atoms with E-state index in [1.807, 2.05) is 47.1 Å². The highest BCUT2D eigenvalue weighted by Gasteiger charge is 2.30. The van der Waals surface area contributed by atoms with Gasteiger partial charge in [0, 0.05) is 39.3 Å². The SMILES string of the molecule is Cc1nn(-c2ccccc2)c(Cl)c1C(=O)N1CCN(CC(=O)N2CC(C)CC(C)C2)CC1. The van der Waals surface area contributed by atoms with Crippen LogP contribution in [0.1, 0.15) is 36.3 Å². The van der Waals surface area contributed by atoms with E-state index in [2.05, 4.69) is 23.8 Å². The lowest BCUT2D eigenvalue weighted by Gasteiger charge is -2.38. The Morgan fingerprint density at radius 2 is 1.62 bits per heavy atom. The number of para-hydroxylation sites is 1. The summed E-state index contributed by atoms with van der Waals surface area (Å²) < 4.78 is 1.61. The van der Waals surface area contributed by atoms with Crippen molar-refractivity contribution in [1.29, 1.82) is 0 Å². The Morgan fingerprint density at radius 1 is 1.00 bits per heavy atom. The molecule has 4 rings (SSSR count). The summed E-state index contributed by atoms with van der Waals surface area (Å²) in [6, 6.07) is 9.57. The highest BCUT2D eigenvalue weighted by atomic mass is 35.5. The van der Waals surface area contributed by atoms with Crippen LogP contribution < -0.4 is 0 Å². The molecule has 2 saturated heterocycles. The van der Waals surface area contributed by atoms with Gasteiger partial charge in [0.1, 0.15) is 5.15 Å². The van der Waals surface area contributed by atoms with Crippen LogP contribution in [0.3, 0.4) is 0 Å². The molecule has 0 saturated carbocycles. The van der Waals surface area contributed by atoms with Gasteiger partial charge in [-0.25, -0.2) is 4.68 Å². The first-order chi connectivity index (χ1) is 15.3. The smallest absolute Gasteiger partial charge is 0.258 e. The Kier molecular flexibility index (Phi) is 6.86. The number of carbonyl (C=O) groups is 2. The molecule has 8 heteroatoms. The lowest BCUT2D eigenvalue weighted by atomic mass is 9.92. The maximum atomic E-state index is 13.2. The Balaban J connectivity index is 1.36. The van der Waals surface area contributed by atoms with Crippen molar-refractivity contribution in [2.24, 2.45) is 11.8 Å². The number of nitrogens with zero attached hydrogens (tertiary/aromatic N) is 5. The van der Waals surface area contributed by atoms with E-state index < -0.39 is 0 Å². The second-order valence-corrected chi connectivity index (χ2v) is 9.67. The average Bonchev–Trinajstić information content (AvgIpc) is 3.07. The van der Waals surface area contributed by atoms with Gasteiger partial charge in [0.25, 0.3) is 5.91 Å². The van der Waals surface area contributed by atoms with Crippen molar-refractivity contribution in [3.63, 3.8) is 0 Å². The van der Waals surface area contributed by atoms with Crippen LogP contribution in [-0.2, 0) is 4.79 Å².